The van der Waals surface area contributed by atoms with E-state index in [-0.39, 0.29) is 5.78 Å². The van der Waals surface area contributed by atoms with Crippen LogP contribution < -0.4 is 4.74 Å². The number of benzene rings is 3. The lowest BCUT2D eigenvalue weighted by molar-refractivity contribution is -0.137. The molecule has 0 saturated carbocycles. The minimum absolute atomic E-state index is 0.282. The third-order valence-corrected chi connectivity index (χ3v) is 5.58. The number of ether oxygens (including phenoxy) is 1. The van der Waals surface area contributed by atoms with Crippen LogP contribution in [-0.2, 0) is 6.18 Å². The van der Waals surface area contributed by atoms with Gasteiger partial charge in [-0.1, -0.05) is 60.7 Å². The molecule has 0 atom stereocenters. The van der Waals surface area contributed by atoms with Gasteiger partial charge in [0.15, 0.2) is 5.78 Å². The van der Waals surface area contributed by atoms with Gasteiger partial charge in [-0.05, 0) is 60.0 Å². The van der Waals surface area contributed by atoms with Gasteiger partial charge in [0.2, 0.25) is 0 Å². The number of fused-ring (bicyclic) bond motifs is 1. The normalized spacial score (nSPS) is 12.0. The molecule has 0 saturated heterocycles. The van der Waals surface area contributed by atoms with E-state index in [1.54, 1.807) is 14.0 Å². The highest BCUT2D eigenvalue weighted by atomic mass is 19.4. The first kappa shape index (κ1) is 24.0. The molecular formula is C29H22F3NO2. The summed E-state index contributed by atoms with van der Waals surface area (Å²) in [7, 11) is 1.60. The Morgan fingerprint density at radius 3 is 2.14 bits per heavy atom. The monoisotopic (exact) mass is 473 g/mol. The number of aromatic nitrogens is 1. The first-order valence-corrected chi connectivity index (χ1v) is 10.9. The average molecular weight is 473 g/mol. The summed E-state index contributed by atoms with van der Waals surface area (Å²) in [5.74, 6) is 0.464. The molecule has 0 amide bonds. The molecule has 0 bridgehead atoms. The smallest absolute Gasteiger partial charge is 0.416 e. The van der Waals surface area contributed by atoms with Crippen molar-refractivity contribution in [1.29, 1.82) is 0 Å². The minimum Gasteiger partial charge on any atom is -0.497 e. The molecule has 0 aliphatic heterocycles. The first-order chi connectivity index (χ1) is 16.8. The molecule has 176 valence electrons. The van der Waals surface area contributed by atoms with Gasteiger partial charge in [-0.3, -0.25) is 9.78 Å². The highest BCUT2D eigenvalue weighted by Gasteiger charge is 2.29. The Morgan fingerprint density at radius 1 is 0.857 bits per heavy atom. The summed E-state index contributed by atoms with van der Waals surface area (Å²) in [5.41, 5.74) is 3.20. The van der Waals surface area contributed by atoms with Gasteiger partial charge < -0.3 is 4.74 Å². The minimum atomic E-state index is -4.41. The Balaban J connectivity index is 1.72. The van der Waals surface area contributed by atoms with Crippen LogP contribution in [0, 0.1) is 6.92 Å². The Kier molecular flexibility index (Phi) is 6.82. The lowest BCUT2D eigenvalue weighted by Crippen LogP contribution is -2.05. The van der Waals surface area contributed by atoms with Gasteiger partial charge in [-0.25, -0.2) is 0 Å². The van der Waals surface area contributed by atoms with Crippen molar-refractivity contribution in [2.45, 2.75) is 13.1 Å². The van der Waals surface area contributed by atoms with Crippen molar-refractivity contribution in [2.75, 3.05) is 7.11 Å². The maximum atomic E-state index is 13.3. The van der Waals surface area contributed by atoms with Crippen LogP contribution in [0.2, 0.25) is 0 Å². The molecule has 3 aromatic carbocycles. The average Bonchev–Trinajstić information content (AvgIpc) is 2.85. The summed E-state index contributed by atoms with van der Waals surface area (Å²) < 4.78 is 43.6. The number of carbonyl (C=O) groups is 1. The van der Waals surface area contributed by atoms with Gasteiger partial charge in [-0.15, -0.1) is 0 Å². The third-order valence-electron chi connectivity index (χ3n) is 5.58. The lowest BCUT2D eigenvalue weighted by Gasteiger charge is -2.11. The number of alkyl halides is 3. The Hall–Kier alpha value is -4.19. The van der Waals surface area contributed by atoms with E-state index in [2.05, 4.69) is 4.98 Å². The summed E-state index contributed by atoms with van der Waals surface area (Å²) in [5, 5.41) is 0.828. The summed E-state index contributed by atoms with van der Waals surface area (Å²) in [6.07, 6.45) is 2.27. The molecule has 6 heteroatoms. The number of halogens is 3. The molecule has 4 rings (SSSR count). The van der Waals surface area contributed by atoms with Crippen molar-refractivity contribution in [3.8, 4) is 5.75 Å². The molecule has 0 spiro atoms. The second-order valence-corrected chi connectivity index (χ2v) is 7.93. The zero-order valence-corrected chi connectivity index (χ0v) is 19.1. The van der Waals surface area contributed by atoms with Crippen LogP contribution in [0.3, 0.4) is 0 Å². The van der Waals surface area contributed by atoms with Crippen molar-refractivity contribution in [3.05, 3.63) is 112 Å². The molecule has 3 nitrogen and oxygen atoms in total. The van der Waals surface area contributed by atoms with Gasteiger partial charge in [0, 0.05) is 11.1 Å². The summed E-state index contributed by atoms with van der Waals surface area (Å²) in [4.78, 5) is 17.9. The molecule has 0 N–H and O–H groups in total. The highest BCUT2D eigenvalue weighted by molar-refractivity contribution is 6.13. The number of pyridine rings is 1. The van der Waals surface area contributed by atoms with Crippen LogP contribution >= 0.6 is 0 Å². The molecule has 0 aliphatic carbocycles. The zero-order chi connectivity index (χ0) is 25.0. The van der Waals surface area contributed by atoms with Gasteiger partial charge in [-0.2, -0.15) is 13.2 Å². The fourth-order valence-electron chi connectivity index (χ4n) is 3.78. The van der Waals surface area contributed by atoms with E-state index >= 15 is 0 Å². The van der Waals surface area contributed by atoms with Gasteiger partial charge in [0.05, 0.1) is 23.8 Å². The number of methoxy groups -OCH3 is 1. The topological polar surface area (TPSA) is 39.2 Å². The van der Waals surface area contributed by atoms with Crippen molar-refractivity contribution in [1.82, 2.24) is 4.98 Å². The standard InChI is InChI=1S/C29H22F3NO2/c1-19-28(27(34)18-12-20-7-13-22(14-8-20)29(30,31)32)25(24-5-3-4-6-26(24)33-19)17-11-21-9-15-23(35-2)16-10-21/h3-18H,1-2H3/b17-11+,18-12+. The quantitative estimate of drug-likeness (QED) is 0.213. The predicted octanol–water partition coefficient (Wildman–Crippen LogP) is 7.64. The van der Waals surface area contributed by atoms with Crippen LogP contribution in [-0.4, -0.2) is 17.9 Å². The number of carbonyl (C=O) groups excluding carboxylic acids is 1. The largest absolute Gasteiger partial charge is 0.497 e. The van der Waals surface area contributed by atoms with Gasteiger partial charge in [0.1, 0.15) is 5.75 Å². The molecule has 0 fully saturated rings. The van der Waals surface area contributed by atoms with Crippen molar-refractivity contribution in [3.63, 3.8) is 0 Å². The van der Waals surface area contributed by atoms with Gasteiger partial charge >= 0.3 is 6.18 Å². The molecule has 1 heterocycles. The van der Waals surface area contributed by atoms with E-state index in [9.17, 15) is 18.0 Å². The van der Waals surface area contributed by atoms with E-state index < -0.39 is 11.7 Å². The van der Waals surface area contributed by atoms with Crippen LogP contribution in [0.1, 0.15) is 38.3 Å². The maximum Gasteiger partial charge on any atom is 0.416 e. The second-order valence-electron chi connectivity index (χ2n) is 7.93. The molecule has 35 heavy (non-hydrogen) atoms. The summed E-state index contributed by atoms with van der Waals surface area (Å²) in [6, 6.07) is 19.8. The number of hydrogen-bond acceptors (Lipinski definition) is 3. The second kappa shape index (κ2) is 9.97. The number of ketones is 1. The van der Waals surface area contributed by atoms with Crippen LogP contribution in [0.15, 0.2) is 78.9 Å². The van der Waals surface area contributed by atoms with Gasteiger partial charge in [0.25, 0.3) is 0 Å². The molecular weight excluding hydrogens is 451 g/mol. The van der Waals surface area contributed by atoms with Crippen LogP contribution in [0.25, 0.3) is 29.1 Å². The number of allylic oxidation sites excluding steroid dienone is 1. The number of nitrogens with zero attached hydrogens (tertiary/aromatic N) is 1. The maximum absolute atomic E-state index is 13.3. The fraction of sp³-hybridized carbons (Fsp3) is 0.103. The van der Waals surface area contributed by atoms with Crippen molar-refractivity contribution >= 4 is 34.9 Å². The number of aryl methyl sites for hydroxylation is 1. The number of rotatable bonds is 6. The van der Waals surface area contributed by atoms with E-state index in [1.807, 2.05) is 60.7 Å². The predicted molar refractivity (Wildman–Crippen MR) is 133 cm³/mol. The first-order valence-electron chi connectivity index (χ1n) is 10.9. The summed E-state index contributed by atoms with van der Waals surface area (Å²) >= 11 is 0. The summed E-state index contributed by atoms with van der Waals surface area (Å²) in [6.45, 7) is 1.77. The highest BCUT2D eigenvalue weighted by Crippen LogP contribution is 2.30. The Bertz CT molecular complexity index is 1420. The van der Waals surface area contributed by atoms with E-state index in [4.69, 9.17) is 4.74 Å². The van der Waals surface area contributed by atoms with E-state index in [1.165, 1.54) is 24.3 Å². The fourth-order valence-corrected chi connectivity index (χ4v) is 3.78. The number of para-hydroxylation sites is 1. The Labute approximate surface area is 201 Å². The molecule has 1 aromatic heterocycles. The third kappa shape index (κ3) is 5.49. The van der Waals surface area contributed by atoms with Crippen molar-refractivity contribution in [2.24, 2.45) is 0 Å². The molecule has 4 aromatic rings. The lowest BCUT2D eigenvalue weighted by atomic mass is 9.96. The Morgan fingerprint density at radius 2 is 1.49 bits per heavy atom. The van der Waals surface area contributed by atoms with E-state index in [0.29, 0.717) is 16.8 Å². The zero-order valence-electron chi connectivity index (χ0n) is 19.1. The SMILES string of the molecule is COc1ccc(/C=C/c2c(C(=O)/C=C/c3ccc(C(F)(F)F)cc3)c(C)nc3ccccc23)cc1. The molecule has 0 radical (unpaired) electrons. The van der Waals surface area contributed by atoms with Crippen molar-refractivity contribution < 1.29 is 22.7 Å². The van der Waals surface area contributed by atoms with E-state index in [0.717, 1.165) is 39.9 Å². The molecule has 0 aliphatic rings. The van der Waals surface area contributed by atoms with Crippen LogP contribution in [0.5, 0.6) is 5.75 Å². The van der Waals surface area contributed by atoms with Crippen LogP contribution in [0.4, 0.5) is 13.2 Å². The molecule has 0 unspecified atom stereocenters. The number of hydrogen-bond donors (Lipinski definition) is 0.